The summed E-state index contributed by atoms with van der Waals surface area (Å²) < 4.78 is 6.79. The highest BCUT2D eigenvalue weighted by Crippen LogP contribution is 2.26. The number of nitrogens with one attached hydrogen (secondary N) is 2. The van der Waals surface area contributed by atoms with Gasteiger partial charge in [-0.2, -0.15) is 5.10 Å². The van der Waals surface area contributed by atoms with E-state index in [9.17, 15) is 9.59 Å². The molecule has 31 heavy (non-hydrogen) atoms. The van der Waals surface area contributed by atoms with E-state index < -0.39 is 0 Å². The molecule has 0 saturated carbocycles. The number of rotatable bonds is 8. The van der Waals surface area contributed by atoms with Gasteiger partial charge in [-0.3, -0.25) is 9.59 Å². The lowest BCUT2D eigenvalue weighted by molar-refractivity contribution is 0.0938. The zero-order chi connectivity index (χ0) is 22.5. The molecule has 2 heterocycles. The van der Waals surface area contributed by atoms with Crippen LogP contribution >= 0.6 is 0 Å². The third kappa shape index (κ3) is 4.91. The number of anilines is 1. The Bertz CT molecular complexity index is 1090. The Kier molecular flexibility index (Phi) is 7.02. The predicted molar refractivity (Wildman–Crippen MR) is 121 cm³/mol. The zero-order valence-electron chi connectivity index (χ0n) is 18.6. The summed E-state index contributed by atoms with van der Waals surface area (Å²) in [6.07, 6.45) is 1.67. The van der Waals surface area contributed by atoms with Crippen molar-refractivity contribution in [2.24, 2.45) is 0 Å². The van der Waals surface area contributed by atoms with Crippen molar-refractivity contribution in [2.75, 3.05) is 25.6 Å². The monoisotopic (exact) mass is 423 g/mol. The summed E-state index contributed by atoms with van der Waals surface area (Å²) in [6.45, 7) is 8.90. The normalized spacial score (nSPS) is 11.3. The number of carbonyl (C=O) groups excluding carboxylic acids is 2. The lowest BCUT2D eigenvalue weighted by Gasteiger charge is -2.14. The van der Waals surface area contributed by atoms with Gasteiger partial charge in [0.25, 0.3) is 11.8 Å². The van der Waals surface area contributed by atoms with Gasteiger partial charge in [0.05, 0.1) is 35.0 Å². The van der Waals surface area contributed by atoms with Gasteiger partial charge in [0.2, 0.25) is 0 Å². The maximum atomic E-state index is 13.3. The van der Waals surface area contributed by atoms with E-state index in [1.54, 1.807) is 43.6 Å². The first-order valence-electron chi connectivity index (χ1n) is 10.4. The topological polar surface area (TPSA) is 98.1 Å². The van der Waals surface area contributed by atoms with Gasteiger partial charge in [0.15, 0.2) is 5.65 Å². The fraction of sp³-hybridized carbons (Fsp3) is 0.391. The van der Waals surface area contributed by atoms with Gasteiger partial charge in [-0.15, -0.1) is 0 Å². The second-order valence-corrected chi connectivity index (χ2v) is 7.92. The predicted octanol–water partition coefficient (Wildman–Crippen LogP) is 3.76. The Hall–Kier alpha value is -3.26. The number of fused-ring (bicyclic) bond motifs is 1. The average Bonchev–Trinajstić information content (AvgIpc) is 3.17. The molecule has 8 nitrogen and oxygen atoms in total. The standard InChI is InChI=1S/C23H29N5O3/c1-14(2)20-12-17(18-13-25-28(15(3)4)21(18)26-20)23(30)27-19-9-7-6-8-16(19)22(29)24-10-11-31-5/h6-9,12-15H,10-11H2,1-5H3,(H,24,29)(H,27,30). The molecule has 0 aliphatic carbocycles. The SMILES string of the molecule is COCCNC(=O)c1ccccc1NC(=O)c1cc(C(C)C)nc2c1cnn2C(C)C. The van der Waals surface area contributed by atoms with Crippen LogP contribution in [0.4, 0.5) is 5.69 Å². The summed E-state index contributed by atoms with van der Waals surface area (Å²) in [5.41, 5.74) is 2.80. The molecule has 2 N–H and O–H groups in total. The Morgan fingerprint density at radius 3 is 2.52 bits per heavy atom. The van der Waals surface area contributed by atoms with Crippen LogP contribution in [0.2, 0.25) is 0 Å². The van der Waals surface area contributed by atoms with E-state index in [1.165, 1.54) is 0 Å². The molecule has 8 heteroatoms. The van der Waals surface area contributed by atoms with Crippen molar-refractivity contribution in [1.29, 1.82) is 0 Å². The van der Waals surface area contributed by atoms with Crippen molar-refractivity contribution in [3.05, 3.63) is 53.3 Å². The van der Waals surface area contributed by atoms with Gasteiger partial charge in [-0.1, -0.05) is 26.0 Å². The van der Waals surface area contributed by atoms with Gasteiger partial charge in [-0.25, -0.2) is 9.67 Å². The number of carbonyl (C=O) groups is 2. The molecule has 0 atom stereocenters. The molecule has 0 radical (unpaired) electrons. The van der Waals surface area contributed by atoms with Gasteiger partial charge >= 0.3 is 0 Å². The summed E-state index contributed by atoms with van der Waals surface area (Å²) in [5, 5.41) is 10.8. The molecule has 2 aromatic heterocycles. The molecule has 0 bridgehead atoms. The van der Waals surface area contributed by atoms with Crippen LogP contribution in [-0.4, -0.2) is 46.8 Å². The molecule has 0 spiro atoms. The van der Waals surface area contributed by atoms with Gasteiger partial charge < -0.3 is 15.4 Å². The Balaban J connectivity index is 1.97. The van der Waals surface area contributed by atoms with Crippen LogP contribution in [-0.2, 0) is 4.74 Å². The highest BCUT2D eigenvalue weighted by Gasteiger charge is 2.20. The number of para-hydroxylation sites is 1. The number of hydrogen-bond acceptors (Lipinski definition) is 5. The molecule has 0 saturated heterocycles. The second-order valence-electron chi connectivity index (χ2n) is 7.92. The van der Waals surface area contributed by atoms with Crippen molar-refractivity contribution in [3.63, 3.8) is 0 Å². The van der Waals surface area contributed by atoms with Crippen LogP contribution < -0.4 is 10.6 Å². The number of ether oxygens (including phenoxy) is 1. The van der Waals surface area contributed by atoms with Crippen molar-refractivity contribution < 1.29 is 14.3 Å². The molecule has 3 rings (SSSR count). The molecule has 0 aliphatic rings. The summed E-state index contributed by atoms with van der Waals surface area (Å²) in [7, 11) is 1.57. The van der Waals surface area contributed by atoms with Crippen molar-refractivity contribution >= 4 is 28.5 Å². The highest BCUT2D eigenvalue weighted by molar-refractivity contribution is 6.14. The van der Waals surface area contributed by atoms with Crippen molar-refractivity contribution in [2.45, 2.75) is 39.7 Å². The number of methoxy groups -OCH3 is 1. The van der Waals surface area contributed by atoms with Crippen LogP contribution in [0.15, 0.2) is 36.5 Å². The second kappa shape index (κ2) is 9.70. The summed E-state index contributed by atoms with van der Waals surface area (Å²) in [5.74, 6) is -0.441. The van der Waals surface area contributed by atoms with E-state index in [4.69, 9.17) is 9.72 Å². The summed E-state index contributed by atoms with van der Waals surface area (Å²) >= 11 is 0. The van der Waals surface area contributed by atoms with Crippen LogP contribution in [0.1, 0.15) is 66.1 Å². The first-order valence-corrected chi connectivity index (χ1v) is 10.4. The molecule has 0 unspecified atom stereocenters. The number of amides is 2. The molecular formula is C23H29N5O3. The minimum absolute atomic E-state index is 0.111. The van der Waals surface area contributed by atoms with Crippen LogP contribution in [0, 0.1) is 0 Å². The van der Waals surface area contributed by atoms with E-state index in [1.807, 2.05) is 32.4 Å². The van der Waals surface area contributed by atoms with Crippen LogP contribution in [0.25, 0.3) is 11.0 Å². The van der Waals surface area contributed by atoms with Gasteiger partial charge in [0, 0.05) is 25.4 Å². The van der Waals surface area contributed by atoms with E-state index >= 15 is 0 Å². The molecular weight excluding hydrogens is 394 g/mol. The van der Waals surface area contributed by atoms with Gasteiger partial charge in [0.1, 0.15) is 0 Å². The Morgan fingerprint density at radius 2 is 1.84 bits per heavy atom. The average molecular weight is 424 g/mol. The first kappa shape index (κ1) is 22.4. The molecule has 164 valence electrons. The fourth-order valence-electron chi connectivity index (χ4n) is 3.24. The Morgan fingerprint density at radius 1 is 1.10 bits per heavy atom. The number of nitrogens with zero attached hydrogens (tertiary/aromatic N) is 3. The quantitative estimate of drug-likeness (QED) is 0.538. The fourth-order valence-corrected chi connectivity index (χ4v) is 3.24. The van der Waals surface area contributed by atoms with Crippen LogP contribution in [0.3, 0.4) is 0 Å². The molecule has 1 aromatic carbocycles. The lowest BCUT2D eigenvalue weighted by Crippen LogP contribution is -2.28. The van der Waals surface area contributed by atoms with E-state index in [2.05, 4.69) is 15.7 Å². The zero-order valence-corrected chi connectivity index (χ0v) is 18.6. The lowest BCUT2D eigenvalue weighted by atomic mass is 10.0. The largest absolute Gasteiger partial charge is 0.383 e. The maximum Gasteiger partial charge on any atom is 0.256 e. The molecule has 3 aromatic rings. The molecule has 2 amide bonds. The Labute approximate surface area is 182 Å². The number of aromatic nitrogens is 3. The number of benzene rings is 1. The van der Waals surface area contributed by atoms with Crippen LogP contribution in [0.5, 0.6) is 0 Å². The minimum Gasteiger partial charge on any atom is -0.383 e. The van der Waals surface area contributed by atoms with Crippen molar-refractivity contribution in [3.8, 4) is 0 Å². The molecule has 0 aliphatic heterocycles. The van der Waals surface area contributed by atoms with E-state index in [0.717, 1.165) is 5.69 Å². The van der Waals surface area contributed by atoms with Gasteiger partial charge in [-0.05, 0) is 38.0 Å². The van der Waals surface area contributed by atoms with E-state index in [0.29, 0.717) is 41.0 Å². The third-order valence-corrected chi connectivity index (χ3v) is 4.92. The first-order chi connectivity index (χ1) is 14.8. The minimum atomic E-state index is -0.310. The number of pyridine rings is 1. The molecule has 0 fully saturated rings. The highest BCUT2D eigenvalue weighted by atomic mass is 16.5. The summed E-state index contributed by atoms with van der Waals surface area (Å²) in [4.78, 5) is 30.6. The van der Waals surface area contributed by atoms with Crippen molar-refractivity contribution in [1.82, 2.24) is 20.1 Å². The smallest absolute Gasteiger partial charge is 0.256 e. The maximum absolute atomic E-state index is 13.3. The van der Waals surface area contributed by atoms with E-state index in [-0.39, 0.29) is 23.8 Å². The third-order valence-electron chi connectivity index (χ3n) is 4.92. The number of hydrogen-bond donors (Lipinski definition) is 2. The summed E-state index contributed by atoms with van der Waals surface area (Å²) in [6, 6.07) is 8.84.